The molecule has 1 aromatic heterocycles. The number of hydrogen-bond acceptors (Lipinski definition) is 4. The lowest BCUT2D eigenvalue weighted by atomic mass is 10.2. The molecular formula is C12H11F5N2O4. The summed E-state index contributed by atoms with van der Waals surface area (Å²) in [5.74, 6) is -3.05. The number of pyridine rings is 1. The number of nitrogens with one attached hydrogen (secondary N) is 1. The Kier molecular flexibility index (Phi) is 6.22. The largest absolute Gasteiger partial charge is 0.480 e. The van der Waals surface area contributed by atoms with Crippen LogP contribution in [-0.2, 0) is 4.79 Å². The van der Waals surface area contributed by atoms with Crippen LogP contribution in [0, 0.1) is 0 Å². The van der Waals surface area contributed by atoms with Gasteiger partial charge in [-0.15, -0.1) is 0 Å². The van der Waals surface area contributed by atoms with Crippen LogP contribution in [0.15, 0.2) is 18.3 Å². The molecule has 128 valence electrons. The third kappa shape index (κ3) is 6.89. The lowest BCUT2D eigenvalue weighted by Crippen LogP contribution is -2.42. The van der Waals surface area contributed by atoms with E-state index in [0.29, 0.717) is 0 Å². The lowest BCUT2D eigenvalue weighted by Gasteiger charge is -2.14. The van der Waals surface area contributed by atoms with E-state index in [0.717, 1.165) is 18.3 Å². The van der Waals surface area contributed by atoms with Gasteiger partial charge in [0.1, 0.15) is 6.04 Å². The zero-order valence-corrected chi connectivity index (χ0v) is 11.3. The van der Waals surface area contributed by atoms with Gasteiger partial charge in [0.25, 0.3) is 5.91 Å². The molecule has 0 aromatic carbocycles. The molecule has 2 N–H and O–H groups in total. The molecule has 0 aliphatic carbocycles. The zero-order valence-electron chi connectivity index (χ0n) is 11.3. The van der Waals surface area contributed by atoms with Crippen LogP contribution < -0.4 is 10.1 Å². The number of hydrogen-bond donors (Lipinski definition) is 2. The van der Waals surface area contributed by atoms with Gasteiger partial charge in [-0.3, -0.25) is 4.79 Å². The molecule has 1 aromatic rings. The molecule has 1 atom stereocenters. The second-order valence-corrected chi connectivity index (χ2v) is 4.28. The van der Waals surface area contributed by atoms with Crippen LogP contribution in [0.2, 0.25) is 0 Å². The van der Waals surface area contributed by atoms with Gasteiger partial charge in [-0.25, -0.2) is 18.6 Å². The number of rotatable bonds is 7. The Morgan fingerprint density at radius 3 is 2.39 bits per heavy atom. The first-order chi connectivity index (χ1) is 10.6. The number of alkyl halides is 5. The van der Waals surface area contributed by atoms with Crippen molar-refractivity contribution in [3.8, 4) is 5.88 Å². The number of aliphatic carboxylic acids is 1. The van der Waals surface area contributed by atoms with Gasteiger partial charge in [0.05, 0.1) is 5.56 Å². The highest BCUT2D eigenvalue weighted by Gasteiger charge is 2.29. The predicted molar refractivity (Wildman–Crippen MR) is 65.3 cm³/mol. The highest BCUT2D eigenvalue weighted by molar-refractivity contribution is 5.96. The van der Waals surface area contributed by atoms with Crippen molar-refractivity contribution >= 4 is 11.9 Å². The van der Waals surface area contributed by atoms with E-state index in [9.17, 15) is 31.5 Å². The van der Waals surface area contributed by atoms with E-state index in [1.807, 2.05) is 5.32 Å². The number of ether oxygens (including phenoxy) is 1. The van der Waals surface area contributed by atoms with Crippen molar-refractivity contribution in [1.82, 2.24) is 10.3 Å². The fraction of sp³-hybridized carbons (Fsp3) is 0.417. The number of aromatic nitrogens is 1. The maximum atomic E-state index is 12.2. The summed E-state index contributed by atoms with van der Waals surface area (Å²) in [4.78, 5) is 25.9. The number of carboxylic acids is 1. The minimum atomic E-state index is -4.55. The maximum absolute atomic E-state index is 12.2. The standard InChI is InChI=1S/C12H11F5N2O4/c13-8(14)3-7(11(21)22)19-10(20)6-1-2-9(18-4-6)23-5-12(15,16)17/h1-2,4,7-8H,3,5H2,(H,19,20)(H,21,22). The van der Waals surface area contributed by atoms with Gasteiger partial charge in [0.15, 0.2) is 6.61 Å². The topological polar surface area (TPSA) is 88.5 Å². The smallest absolute Gasteiger partial charge is 0.422 e. The zero-order chi connectivity index (χ0) is 17.6. The van der Waals surface area contributed by atoms with E-state index < -0.39 is 49.4 Å². The summed E-state index contributed by atoms with van der Waals surface area (Å²) < 4.78 is 64.5. The fourth-order valence-corrected chi connectivity index (χ4v) is 1.40. The average Bonchev–Trinajstić information content (AvgIpc) is 2.43. The molecule has 0 fully saturated rings. The molecule has 0 aliphatic rings. The molecule has 0 bridgehead atoms. The van der Waals surface area contributed by atoms with Gasteiger partial charge in [-0.05, 0) is 6.07 Å². The van der Waals surface area contributed by atoms with Crippen molar-refractivity contribution in [1.29, 1.82) is 0 Å². The monoisotopic (exact) mass is 342 g/mol. The minimum Gasteiger partial charge on any atom is -0.480 e. The maximum Gasteiger partial charge on any atom is 0.422 e. The lowest BCUT2D eigenvalue weighted by molar-refractivity contribution is -0.154. The molecule has 6 nitrogen and oxygen atoms in total. The van der Waals surface area contributed by atoms with Gasteiger partial charge in [-0.2, -0.15) is 13.2 Å². The highest BCUT2D eigenvalue weighted by atomic mass is 19.4. The second kappa shape index (κ2) is 7.70. The Morgan fingerprint density at radius 1 is 1.30 bits per heavy atom. The number of nitrogens with zero attached hydrogens (tertiary/aromatic N) is 1. The van der Waals surface area contributed by atoms with Crippen LogP contribution >= 0.6 is 0 Å². The van der Waals surface area contributed by atoms with Crippen molar-refractivity contribution in [3.63, 3.8) is 0 Å². The first-order valence-corrected chi connectivity index (χ1v) is 6.06. The van der Waals surface area contributed by atoms with E-state index in [4.69, 9.17) is 5.11 Å². The molecule has 0 aliphatic heterocycles. The van der Waals surface area contributed by atoms with Crippen molar-refractivity contribution < 1.29 is 41.4 Å². The van der Waals surface area contributed by atoms with Crippen LogP contribution in [0.5, 0.6) is 5.88 Å². The Labute approximate surface area is 126 Å². The fourth-order valence-electron chi connectivity index (χ4n) is 1.40. The summed E-state index contributed by atoms with van der Waals surface area (Å²) in [6.07, 6.45) is -7.74. The highest BCUT2D eigenvalue weighted by Crippen LogP contribution is 2.17. The van der Waals surface area contributed by atoms with Crippen LogP contribution in [0.25, 0.3) is 0 Å². The first-order valence-electron chi connectivity index (χ1n) is 6.06. The second-order valence-electron chi connectivity index (χ2n) is 4.28. The number of amides is 1. The molecular weight excluding hydrogens is 331 g/mol. The minimum absolute atomic E-state index is 0.218. The molecule has 11 heteroatoms. The Hall–Kier alpha value is -2.46. The van der Waals surface area contributed by atoms with Gasteiger partial charge in [0.2, 0.25) is 12.3 Å². The Bertz CT molecular complexity index is 547. The summed E-state index contributed by atoms with van der Waals surface area (Å²) in [6.45, 7) is -1.57. The summed E-state index contributed by atoms with van der Waals surface area (Å²) in [7, 11) is 0. The quantitative estimate of drug-likeness (QED) is 0.739. The normalized spacial score (nSPS) is 12.8. The molecule has 0 saturated carbocycles. The van der Waals surface area contributed by atoms with Crippen molar-refractivity contribution in [2.45, 2.75) is 25.1 Å². The molecule has 1 rings (SSSR count). The SMILES string of the molecule is O=C(NC(CC(F)F)C(=O)O)c1ccc(OCC(F)(F)F)nc1. The van der Waals surface area contributed by atoms with Crippen LogP contribution in [-0.4, -0.2) is 47.2 Å². The van der Waals surface area contributed by atoms with Gasteiger partial charge in [-0.1, -0.05) is 0 Å². The van der Waals surface area contributed by atoms with E-state index >= 15 is 0 Å². The number of carbonyl (C=O) groups excluding carboxylic acids is 1. The summed E-state index contributed by atoms with van der Waals surface area (Å²) in [6, 6.07) is 0.183. The molecule has 0 radical (unpaired) electrons. The Balaban J connectivity index is 2.67. The molecule has 1 amide bonds. The van der Waals surface area contributed by atoms with E-state index in [1.54, 1.807) is 0 Å². The van der Waals surface area contributed by atoms with Gasteiger partial charge < -0.3 is 15.2 Å². The number of carboxylic acid groups (broad SMARTS) is 1. The van der Waals surface area contributed by atoms with Crippen molar-refractivity contribution in [3.05, 3.63) is 23.9 Å². The third-order valence-electron chi connectivity index (χ3n) is 2.40. The van der Waals surface area contributed by atoms with E-state index in [-0.39, 0.29) is 5.56 Å². The molecule has 23 heavy (non-hydrogen) atoms. The van der Waals surface area contributed by atoms with Gasteiger partial charge >= 0.3 is 12.1 Å². The number of carbonyl (C=O) groups is 2. The summed E-state index contributed by atoms with van der Waals surface area (Å²) in [5.41, 5.74) is -0.218. The third-order valence-corrected chi connectivity index (χ3v) is 2.40. The predicted octanol–water partition coefficient (Wildman–Crippen LogP) is 1.86. The Morgan fingerprint density at radius 2 is 1.96 bits per heavy atom. The first kappa shape index (κ1) is 18.6. The van der Waals surface area contributed by atoms with E-state index in [1.165, 1.54) is 0 Å². The molecule has 0 spiro atoms. The molecule has 1 heterocycles. The van der Waals surface area contributed by atoms with Crippen molar-refractivity contribution in [2.75, 3.05) is 6.61 Å². The van der Waals surface area contributed by atoms with E-state index in [2.05, 4.69) is 9.72 Å². The van der Waals surface area contributed by atoms with Crippen LogP contribution in [0.3, 0.4) is 0 Å². The van der Waals surface area contributed by atoms with Crippen LogP contribution in [0.4, 0.5) is 22.0 Å². The summed E-state index contributed by atoms with van der Waals surface area (Å²) >= 11 is 0. The molecule has 0 saturated heterocycles. The average molecular weight is 342 g/mol. The van der Waals surface area contributed by atoms with Crippen molar-refractivity contribution in [2.24, 2.45) is 0 Å². The van der Waals surface area contributed by atoms with Crippen LogP contribution in [0.1, 0.15) is 16.8 Å². The van der Waals surface area contributed by atoms with Gasteiger partial charge in [0, 0.05) is 18.7 Å². The summed E-state index contributed by atoms with van der Waals surface area (Å²) in [5, 5.41) is 10.6. The number of halogens is 5. The molecule has 1 unspecified atom stereocenters.